The molecule has 1 aromatic heterocycles. The summed E-state index contributed by atoms with van der Waals surface area (Å²) in [5, 5.41) is 14.6. The number of carbonyl (C=O) groups excluding carboxylic acids is 2. The Bertz CT molecular complexity index is 1830. The van der Waals surface area contributed by atoms with Gasteiger partial charge in [-0.25, -0.2) is 9.97 Å². The van der Waals surface area contributed by atoms with Gasteiger partial charge >= 0.3 is 6.18 Å². The van der Waals surface area contributed by atoms with Gasteiger partial charge in [0.05, 0.1) is 11.1 Å². The number of likely N-dealkylation sites (N-methyl/N-ethyl adjacent to an activating group) is 1. The first-order valence-electron chi connectivity index (χ1n) is 16.2. The van der Waals surface area contributed by atoms with E-state index in [-0.39, 0.29) is 52.4 Å². The van der Waals surface area contributed by atoms with E-state index in [1.165, 1.54) is 30.6 Å². The number of piperazine rings is 1. The smallest absolute Gasteiger partial charge is 0.383 e. The lowest BCUT2D eigenvalue weighted by atomic mass is 10.0. The van der Waals surface area contributed by atoms with E-state index in [2.05, 4.69) is 43.9 Å². The Labute approximate surface area is 289 Å². The Balaban J connectivity index is 1.29. The van der Waals surface area contributed by atoms with Gasteiger partial charge in [-0.15, -0.1) is 0 Å². The molecule has 50 heavy (non-hydrogen) atoms. The highest BCUT2D eigenvalue weighted by Crippen LogP contribution is 2.35. The molecule has 0 radical (unpaired) electrons. The number of aryl methyl sites for hydroxylation is 1. The third kappa shape index (κ3) is 8.85. The van der Waals surface area contributed by atoms with E-state index in [4.69, 9.17) is 11.1 Å². The summed E-state index contributed by atoms with van der Waals surface area (Å²) in [5.41, 5.74) is 7.00. The number of hydrogen-bond donors (Lipinski definition) is 4. The summed E-state index contributed by atoms with van der Waals surface area (Å²) in [6.45, 7) is 9.51. The number of nitrogens with zero attached hydrogens (tertiary/aromatic N) is 5. The number of anilines is 3. The average Bonchev–Trinajstić information content (AvgIpc) is 3.09. The number of piperidine rings is 1. The van der Waals surface area contributed by atoms with Crippen molar-refractivity contribution in [3.8, 4) is 11.8 Å². The molecular formula is C36H40F3N9O2. The number of nitrogens with two attached hydrogens (primary N) is 1. The monoisotopic (exact) mass is 687 g/mol. The van der Waals surface area contributed by atoms with Gasteiger partial charge in [0, 0.05) is 68.7 Å². The topological polar surface area (TPSA) is 144 Å². The number of carbonyl (C=O) groups is 2. The summed E-state index contributed by atoms with van der Waals surface area (Å²) in [7, 11) is 1.98. The summed E-state index contributed by atoms with van der Waals surface area (Å²) >= 11 is 0. The summed E-state index contributed by atoms with van der Waals surface area (Å²) in [6.07, 6.45) is -0.681. The maximum absolute atomic E-state index is 14.1. The van der Waals surface area contributed by atoms with Crippen molar-refractivity contribution in [1.82, 2.24) is 24.7 Å². The molecule has 3 aromatic rings. The summed E-state index contributed by atoms with van der Waals surface area (Å²) in [6, 6.07) is 8.63. The highest BCUT2D eigenvalue weighted by molar-refractivity contribution is 6.16. The van der Waals surface area contributed by atoms with E-state index in [1.807, 2.05) is 11.9 Å². The number of nitrogens with one attached hydrogen (secondary N) is 3. The molecule has 2 amide bonds. The van der Waals surface area contributed by atoms with E-state index in [1.54, 1.807) is 24.0 Å². The number of aromatic nitrogens is 2. The summed E-state index contributed by atoms with van der Waals surface area (Å²) < 4.78 is 42.3. The van der Waals surface area contributed by atoms with Gasteiger partial charge in [-0.2, -0.15) is 13.2 Å². The van der Waals surface area contributed by atoms with E-state index in [0.29, 0.717) is 50.4 Å². The van der Waals surface area contributed by atoms with Gasteiger partial charge in [-0.1, -0.05) is 24.6 Å². The number of amides is 2. The van der Waals surface area contributed by atoms with Gasteiger partial charge in [0.2, 0.25) is 5.91 Å². The highest BCUT2D eigenvalue weighted by Gasteiger charge is 2.34. The molecule has 2 aliphatic heterocycles. The van der Waals surface area contributed by atoms with Crippen molar-refractivity contribution in [2.75, 3.05) is 62.7 Å². The van der Waals surface area contributed by atoms with Crippen LogP contribution in [0.4, 0.5) is 30.5 Å². The van der Waals surface area contributed by atoms with Crippen LogP contribution in [0.1, 0.15) is 51.0 Å². The number of nitrogen functional groups attached to an aromatic ring is 1. The summed E-state index contributed by atoms with van der Waals surface area (Å²) in [5.74, 6) is 5.42. The Kier molecular flexibility index (Phi) is 11.2. The fourth-order valence-corrected chi connectivity index (χ4v) is 5.92. The van der Waals surface area contributed by atoms with E-state index in [0.717, 1.165) is 24.7 Å². The molecule has 3 heterocycles. The van der Waals surface area contributed by atoms with Crippen LogP contribution in [0.5, 0.6) is 0 Å². The number of halogens is 3. The molecule has 0 aliphatic carbocycles. The molecule has 5 rings (SSSR count). The third-order valence-electron chi connectivity index (χ3n) is 8.93. The van der Waals surface area contributed by atoms with Gasteiger partial charge < -0.3 is 26.2 Å². The zero-order chi connectivity index (χ0) is 36.0. The first-order valence-corrected chi connectivity index (χ1v) is 16.2. The Morgan fingerprint density at radius 2 is 1.80 bits per heavy atom. The quantitative estimate of drug-likeness (QED) is 0.155. The summed E-state index contributed by atoms with van der Waals surface area (Å²) in [4.78, 5) is 39.3. The third-order valence-corrected chi connectivity index (χ3v) is 8.93. The van der Waals surface area contributed by atoms with Crippen molar-refractivity contribution < 1.29 is 22.8 Å². The maximum Gasteiger partial charge on any atom is 0.416 e. The molecule has 5 N–H and O–H groups in total. The van der Waals surface area contributed by atoms with Crippen LogP contribution in [0.15, 0.2) is 55.4 Å². The molecular weight excluding hydrogens is 647 g/mol. The van der Waals surface area contributed by atoms with Crippen molar-refractivity contribution >= 4 is 34.8 Å². The van der Waals surface area contributed by atoms with Crippen LogP contribution in [0, 0.1) is 24.2 Å². The van der Waals surface area contributed by atoms with Crippen LogP contribution in [-0.4, -0.2) is 94.6 Å². The molecule has 14 heteroatoms. The molecule has 0 atom stereocenters. The van der Waals surface area contributed by atoms with Gasteiger partial charge in [0.15, 0.2) is 0 Å². The minimum Gasteiger partial charge on any atom is -0.383 e. The Hall–Kier alpha value is -5.26. The van der Waals surface area contributed by atoms with Crippen LogP contribution in [0.25, 0.3) is 0 Å². The number of rotatable bonds is 8. The second-order valence-corrected chi connectivity index (χ2v) is 12.5. The largest absolute Gasteiger partial charge is 0.416 e. The first kappa shape index (κ1) is 36.0. The molecule has 262 valence electrons. The molecule has 11 nitrogen and oxygen atoms in total. The molecule has 2 aromatic carbocycles. The van der Waals surface area contributed by atoms with E-state index in [9.17, 15) is 22.8 Å². The van der Waals surface area contributed by atoms with Crippen LogP contribution in [-0.2, 0) is 17.5 Å². The van der Waals surface area contributed by atoms with E-state index < -0.39 is 17.6 Å². The van der Waals surface area contributed by atoms with Crippen molar-refractivity contribution in [2.45, 2.75) is 38.5 Å². The predicted octanol–water partition coefficient (Wildman–Crippen LogP) is 4.39. The lowest BCUT2D eigenvalue weighted by Crippen LogP contribution is -2.44. The highest BCUT2D eigenvalue weighted by atomic mass is 19.4. The maximum atomic E-state index is 14.1. The fourth-order valence-electron chi connectivity index (χ4n) is 5.92. The number of alkyl halides is 3. The first-order chi connectivity index (χ1) is 23.8. The minimum atomic E-state index is -4.59. The number of benzene rings is 2. The Morgan fingerprint density at radius 1 is 1.08 bits per heavy atom. The van der Waals surface area contributed by atoms with Gasteiger partial charge in [0.1, 0.15) is 23.7 Å². The molecule has 2 fully saturated rings. The second-order valence-electron chi connectivity index (χ2n) is 12.5. The number of hydrogen-bond acceptors (Lipinski definition) is 9. The fraction of sp³-hybridized carbons (Fsp3) is 0.361. The van der Waals surface area contributed by atoms with E-state index >= 15 is 0 Å². The molecule has 0 saturated carbocycles. The Morgan fingerprint density at radius 3 is 2.48 bits per heavy atom. The second kappa shape index (κ2) is 15.5. The van der Waals surface area contributed by atoms with Crippen LogP contribution in [0.2, 0.25) is 0 Å². The standard InChI is InChI=1S/C36H40F3N9O2/c1-4-31(49)48-13-11-27(12-14-48)44-34-32(33(41)42-22-43-34)30(40)10-8-24-19-25(6-5-23(24)2)35(50)45-28-9-7-26(29(20-28)36(37,38)39)21-47-17-15-46(3)16-18-47/h4-7,9,19-20,22,27,40H,1,11-18,21H2,2-3H3,(H,45,50)(H3,41,42,43,44). The van der Waals surface area contributed by atoms with Crippen molar-refractivity contribution in [3.05, 3.63) is 88.8 Å². The van der Waals surface area contributed by atoms with Gasteiger partial charge in [-0.05, 0) is 74.2 Å². The predicted molar refractivity (Wildman–Crippen MR) is 187 cm³/mol. The normalized spacial score (nSPS) is 15.9. The van der Waals surface area contributed by atoms with Crippen molar-refractivity contribution in [2.24, 2.45) is 0 Å². The molecule has 0 unspecified atom stereocenters. The van der Waals surface area contributed by atoms with Crippen molar-refractivity contribution in [1.29, 1.82) is 5.41 Å². The van der Waals surface area contributed by atoms with Gasteiger partial charge in [0.25, 0.3) is 5.91 Å². The lowest BCUT2D eigenvalue weighted by molar-refractivity contribution is -0.138. The van der Waals surface area contributed by atoms with Crippen molar-refractivity contribution in [3.63, 3.8) is 0 Å². The van der Waals surface area contributed by atoms with Crippen LogP contribution < -0.4 is 16.4 Å². The van der Waals surface area contributed by atoms with Gasteiger partial charge in [-0.3, -0.25) is 19.9 Å². The average molecular weight is 688 g/mol. The molecule has 2 aliphatic rings. The SMILES string of the molecule is C=CC(=O)N1CCC(Nc2ncnc(N)c2C(=N)C#Cc2cc(C(=O)Nc3ccc(CN4CCN(C)CC4)c(C(F)(F)F)c3)ccc2C)CC1. The zero-order valence-electron chi connectivity index (χ0n) is 28.0. The molecule has 0 spiro atoms. The van der Waals surface area contributed by atoms with Crippen LogP contribution >= 0.6 is 0 Å². The number of likely N-dealkylation sites (tertiary alicyclic amines) is 1. The molecule has 2 saturated heterocycles. The zero-order valence-corrected chi connectivity index (χ0v) is 28.0. The lowest BCUT2D eigenvalue weighted by Gasteiger charge is -2.33. The minimum absolute atomic E-state index is 0.0181. The van der Waals surface area contributed by atoms with Crippen LogP contribution in [0.3, 0.4) is 0 Å². The molecule has 0 bridgehead atoms.